The molecule has 2 aromatic heterocycles. The minimum Gasteiger partial charge on any atom is -0.317 e. The van der Waals surface area contributed by atoms with E-state index in [0.29, 0.717) is 16.6 Å². The largest absolute Gasteiger partial charge is 0.317 e. The van der Waals surface area contributed by atoms with Crippen LogP contribution in [0.1, 0.15) is 60.5 Å². The lowest BCUT2D eigenvalue weighted by Crippen LogP contribution is -2.26. The molecule has 1 saturated heterocycles. The number of piperidine rings is 1. The molecular weight excluding hydrogens is 322 g/mol. The first-order valence-electron chi connectivity index (χ1n) is 8.39. The van der Waals surface area contributed by atoms with Crippen LogP contribution in [0.4, 0.5) is 5.13 Å². The van der Waals surface area contributed by atoms with Gasteiger partial charge in [0.1, 0.15) is 0 Å². The van der Waals surface area contributed by atoms with E-state index in [-0.39, 0.29) is 11.4 Å². The monoisotopic (exact) mass is 347 g/mol. The van der Waals surface area contributed by atoms with Gasteiger partial charge in [-0.25, -0.2) is 4.98 Å². The smallest absolute Gasteiger partial charge is 0.260 e. The van der Waals surface area contributed by atoms with E-state index in [0.717, 1.165) is 31.6 Å². The average Bonchev–Trinajstić information content (AvgIpc) is 3.14. The summed E-state index contributed by atoms with van der Waals surface area (Å²) in [4.78, 5) is 18.2. The summed E-state index contributed by atoms with van der Waals surface area (Å²) in [5.41, 5.74) is 1.32. The Kier molecular flexibility index (Phi) is 4.73. The molecule has 0 atom stereocenters. The van der Waals surface area contributed by atoms with Crippen molar-refractivity contribution in [3.05, 3.63) is 28.5 Å². The molecule has 0 radical (unpaired) electrons. The fourth-order valence-electron chi connectivity index (χ4n) is 3.11. The van der Waals surface area contributed by atoms with Crippen LogP contribution in [0.25, 0.3) is 0 Å². The number of aromatic nitrogens is 3. The van der Waals surface area contributed by atoms with Crippen molar-refractivity contribution in [2.75, 3.05) is 18.4 Å². The zero-order valence-electron chi connectivity index (χ0n) is 14.7. The molecule has 0 saturated carbocycles. The van der Waals surface area contributed by atoms with E-state index in [1.165, 1.54) is 4.88 Å². The van der Waals surface area contributed by atoms with Gasteiger partial charge in [0.05, 0.1) is 17.3 Å². The van der Waals surface area contributed by atoms with Crippen LogP contribution in [-0.4, -0.2) is 33.8 Å². The van der Waals surface area contributed by atoms with Gasteiger partial charge in [-0.15, -0.1) is 11.3 Å². The number of carbonyl (C=O) groups excluding carboxylic acids is 1. The van der Waals surface area contributed by atoms with Gasteiger partial charge in [-0.2, -0.15) is 5.10 Å². The molecule has 0 bridgehead atoms. The zero-order valence-corrected chi connectivity index (χ0v) is 15.5. The summed E-state index contributed by atoms with van der Waals surface area (Å²) in [7, 11) is 0. The maximum atomic E-state index is 12.6. The molecule has 2 aromatic rings. The van der Waals surface area contributed by atoms with Crippen molar-refractivity contribution in [3.63, 3.8) is 0 Å². The van der Waals surface area contributed by atoms with Gasteiger partial charge in [0.2, 0.25) is 0 Å². The number of hydrogen-bond acceptors (Lipinski definition) is 5. The van der Waals surface area contributed by atoms with Gasteiger partial charge in [0, 0.05) is 16.8 Å². The molecule has 1 aliphatic heterocycles. The molecule has 0 unspecified atom stereocenters. The van der Waals surface area contributed by atoms with Gasteiger partial charge < -0.3 is 5.32 Å². The average molecular weight is 347 g/mol. The van der Waals surface area contributed by atoms with E-state index in [9.17, 15) is 4.79 Å². The summed E-state index contributed by atoms with van der Waals surface area (Å²) in [6.07, 6.45) is 5.80. The van der Waals surface area contributed by atoms with Crippen molar-refractivity contribution in [2.45, 2.75) is 52.0 Å². The van der Waals surface area contributed by atoms with Gasteiger partial charge in [-0.3, -0.25) is 14.8 Å². The van der Waals surface area contributed by atoms with Crippen LogP contribution < -0.4 is 10.6 Å². The first-order chi connectivity index (χ1) is 11.4. The van der Waals surface area contributed by atoms with Gasteiger partial charge in [-0.1, -0.05) is 0 Å². The number of carbonyl (C=O) groups is 1. The molecule has 0 aliphatic carbocycles. The molecule has 3 rings (SSSR count). The van der Waals surface area contributed by atoms with E-state index < -0.39 is 0 Å². The van der Waals surface area contributed by atoms with Crippen LogP contribution >= 0.6 is 11.3 Å². The summed E-state index contributed by atoms with van der Waals surface area (Å²) >= 11 is 1.58. The maximum Gasteiger partial charge on any atom is 0.260 e. The molecule has 1 amide bonds. The van der Waals surface area contributed by atoms with E-state index >= 15 is 0 Å². The molecule has 1 aliphatic rings. The number of rotatable bonds is 3. The Morgan fingerprint density at radius 2 is 2.04 bits per heavy atom. The Bertz CT molecular complexity index is 722. The van der Waals surface area contributed by atoms with E-state index in [2.05, 4.69) is 41.5 Å². The highest BCUT2D eigenvalue weighted by Gasteiger charge is 2.23. The molecule has 7 heteroatoms. The number of nitrogens with zero attached hydrogens (tertiary/aromatic N) is 3. The standard InChI is InChI=1S/C17H25N5OS/c1-11-13(9-20-22(11)17(2,3)4)15(23)21-16-19-10-14(24-16)12-5-7-18-8-6-12/h9-10,12,18H,5-8H2,1-4H3,(H,19,21,23). The van der Waals surface area contributed by atoms with Crippen LogP contribution in [-0.2, 0) is 5.54 Å². The highest BCUT2D eigenvalue weighted by atomic mass is 32.1. The fraction of sp³-hybridized carbons (Fsp3) is 0.588. The number of thiazole rings is 1. The van der Waals surface area contributed by atoms with E-state index in [4.69, 9.17) is 0 Å². The lowest BCUT2D eigenvalue weighted by Gasteiger charge is -2.21. The topological polar surface area (TPSA) is 71.8 Å². The van der Waals surface area contributed by atoms with Crippen molar-refractivity contribution in [2.24, 2.45) is 0 Å². The summed E-state index contributed by atoms with van der Waals surface area (Å²) in [6.45, 7) is 10.2. The third-order valence-corrected chi connectivity index (χ3v) is 5.45. The first kappa shape index (κ1) is 17.1. The lowest BCUT2D eigenvalue weighted by atomic mass is 9.97. The Hall–Kier alpha value is -1.73. The molecule has 130 valence electrons. The highest BCUT2D eigenvalue weighted by molar-refractivity contribution is 7.15. The van der Waals surface area contributed by atoms with Crippen molar-refractivity contribution >= 4 is 22.4 Å². The minimum atomic E-state index is -0.147. The second kappa shape index (κ2) is 6.64. The maximum absolute atomic E-state index is 12.6. The quantitative estimate of drug-likeness (QED) is 0.895. The van der Waals surface area contributed by atoms with E-state index in [1.807, 2.05) is 17.8 Å². The third-order valence-electron chi connectivity index (χ3n) is 4.38. The van der Waals surface area contributed by atoms with Crippen LogP contribution in [0, 0.1) is 6.92 Å². The Labute approximate surface area is 146 Å². The molecule has 0 spiro atoms. The molecular formula is C17H25N5OS. The summed E-state index contributed by atoms with van der Waals surface area (Å²) in [5.74, 6) is 0.411. The highest BCUT2D eigenvalue weighted by Crippen LogP contribution is 2.32. The summed E-state index contributed by atoms with van der Waals surface area (Å²) in [5, 5.41) is 11.3. The molecule has 0 aromatic carbocycles. The van der Waals surface area contributed by atoms with Gasteiger partial charge in [-0.05, 0) is 59.5 Å². The number of amides is 1. The van der Waals surface area contributed by atoms with Crippen molar-refractivity contribution in [1.29, 1.82) is 0 Å². The second-order valence-corrected chi connectivity index (χ2v) is 8.33. The van der Waals surface area contributed by atoms with Crippen LogP contribution in [0.2, 0.25) is 0 Å². The predicted octanol–water partition coefficient (Wildman–Crippen LogP) is 3.12. The second-order valence-electron chi connectivity index (χ2n) is 7.27. The summed E-state index contributed by atoms with van der Waals surface area (Å²) in [6, 6.07) is 0. The molecule has 3 heterocycles. The summed E-state index contributed by atoms with van der Waals surface area (Å²) < 4.78 is 1.88. The van der Waals surface area contributed by atoms with Gasteiger partial charge >= 0.3 is 0 Å². The van der Waals surface area contributed by atoms with Crippen LogP contribution in [0.15, 0.2) is 12.4 Å². The van der Waals surface area contributed by atoms with Crippen molar-refractivity contribution in [3.8, 4) is 0 Å². The third kappa shape index (κ3) is 3.52. The van der Waals surface area contributed by atoms with Crippen molar-refractivity contribution in [1.82, 2.24) is 20.1 Å². The van der Waals surface area contributed by atoms with E-state index in [1.54, 1.807) is 17.5 Å². The first-order valence-corrected chi connectivity index (χ1v) is 9.21. The normalized spacial score (nSPS) is 16.3. The Morgan fingerprint density at radius 1 is 1.33 bits per heavy atom. The predicted molar refractivity (Wildman–Crippen MR) is 96.9 cm³/mol. The number of nitrogens with one attached hydrogen (secondary N) is 2. The fourth-order valence-corrected chi connectivity index (χ4v) is 4.09. The van der Waals surface area contributed by atoms with Crippen LogP contribution in [0.5, 0.6) is 0 Å². The number of anilines is 1. The molecule has 6 nitrogen and oxygen atoms in total. The zero-order chi connectivity index (χ0) is 17.3. The minimum absolute atomic E-state index is 0.144. The SMILES string of the molecule is Cc1c(C(=O)Nc2ncc(C3CCNCC3)s2)cnn1C(C)(C)C. The van der Waals surface area contributed by atoms with Crippen molar-refractivity contribution < 1.29 is 4.79 Å². The Morgan fingerprint density at radius 3 is 2.67 bits per heavy atom. The molecule has 2 N–H and O–H groups in total. The van der Waals surface area contributed by atoms with Crippen LogP contribution in [0.3, 0.4) is 0 Å². The van der Waals surface area contributed by atoms with Gasteiger partial charge in [0.25, 0.3) is 5.91 Å². The van der Waals surface area contributed by atoms with Gasteiger partial charge in [0.15, 0.2) is 5.13 Å². The Balaban J connectivity index is 1.71. The number of hydrogen-bond donors (Lipinski definition) is 2. The molecule has 24 heavy (non-hydrogen) atoms. The molecule has 1 fully saturated rings. The lowest BCUT2D eigenvalue weighted by molar-refractivity contribution is 0.102.